The molecule has 1 fully saturated rings. The average Bonchev–Trinajstić information content (AvgIpc) is 2.93. The predicted octanol–water partition coefficient (Wildman–Crippen LogP) is 2.76. The molecule has 2 aromatic rings. The highest BCUT2D eigenvalue weighted by molar-refractivity contribution is 6.46. The summed E-state index contributed by atoms with van der Waals surface area (Å²) in [6.07, 6.45) is 3.98. The number of nitrogens with zero attached hydrogens (tertiary/aromatic N) is 3. The molecule has 1 saturated heterocycles. The van der Waals surface area contributed by atoms with Crippen LogP contribution < -0.4 is 0 Å². The van der Waals surface area contributed by atoms with E-state index in [9.17, 15) is 14.7 Å². The van der Waals surface area contributed by atoms with Crippen molar-refractivity contribution >= 4 is 17.4 Å². The highest BCUT2D eigenvalue weighted by atomic mass is 16.3. The first-order valence-corrected chi connectivity index (χ1v) is 9.30. The van der Waals surface area contributed by atoms with Crippen LogP contribution in [0, 0.1) is 6.92 Å². The minimum Gasteiger partial charge on any atom is -0.507 e. The van der Waals surface area contributed by atoms with E-state index in [4.69, 9.17) is 0 Å². The molecule has 1 aromatic carbocycles. The minimum atomic E-state index is -0.648. The Labute approximate surface area is 165 Å². The zero-order valence-electron chi connectivity index (χ0n) is 16.4. The topological polar surface area (TPSA) is 73.7 Å². The molecule has 146 valence electrons. The summed E-state index contributed by atoms with van der Waals surface area (Å²) in [5.74, 6) is -1.37. The number of likely N-dealkylation sites (tertiary alicyclic amines) is 1. The van der Waals surface area contributed by atoms with Crippen molar-refractivity contribution < 1.29 is 14.7 Å². The fourth-order valence-electron chi connectivity index (χ4n) is 3.43. The Balaban J connectivity index is 2.06. The van der Waals surface area contributed by atoms with Crippen LogP contribution in [-0.4, -0.2) is 58.8 Å². The molecule has 0 spiro atoms. The lowest BCUT2D eigenvalue weighted by atomic mass is 9.95. The van der Waals surface area contributed by atoms with E-state index in [1.54, 1.807) is 41.6 Å². The van der Waals surface area contributed by atoms with Crippen LogP contribution in [0.5, 0.6) is 0 Å². The van der Waals surface area contributed by atoms with Gasteiger partial charge in [0.1, 0.15) is 5.76 Å². The highest BCUT2D eigenvalue weighted by Gasteiger charge is 2.45. The van der Waals surface area contributed by atoms with Crippen molar-refractivity contribution in [2.24, 2.45) is 0 Å². The second-order valence-electron chi connectivity index (χ2n) is 7.30. The fraction of sp³-hybridized carbons (Fsp3) is 0.318. The summed E-state index contributed by atoms with van der Waals surface area (Å²) in [5, 5.41) is 10.9. The molecule has 2 heterocycles. The van der Waals surface area contributed by atoms with Gasteiger partial charge in [0.2, 0.25) is 0 Å². The zero-order chi connectivity index (χ0) is 20.3. The van der Waals surface area contributed by atoms with Crippen LogP contribution in [0.4, 0.5) is 0 Å². The summed E-state index contributed by atoms with van der Waals surface area (Å²) in [6.45, 7) is 3.18. The lowest BCUT2D eigenvalue weighted by molar-refractivity contribution is -0.139. The normalized spacial score (nSPS) is 18.9. The second kappa shape index (κ2) is 8.35. The zero-order valence-corrected chi connectivity index (χ0v) is 16.4. The van der Waals surface area contributed by atoms with Gasteiger partial charge in [-0.2, -0.15) is 0 Å². The van der Waals surface area contributed by atoms with Crippen molar-refractivity contribution in [2.45, 2.75) is 19.4 Å². The molecule has 0 radical (unpaired) electrons. The minimum absolute atomic E-state index is 0.130. The van der Waals surface area contributed by atoms with Gasteiger partial charge in [-0.25, -0.2) is 0 Å². The van der Waals surface area contributed by atoms with Gasteiger partial charge in [-0.15, -0.1) is 0 Å². The molecule has 0 saturated carbocycles. The summed E-state index contributed by atoms with van der Waals surface area (Å²) < 4.78 is 0. The van der Waals surface area contributed by atoms with Gasteiger partial charge >= 0.3 is 0 Å². The Morgan fingerprint density at radius 3 is 2.36 bits per heavy atom. The number of benzene rings is 1. The molecule has 1 aromatic heterocycles. The highest BCUT2D eigenvalue weighted by Crippen LogP contribution is 2.39. The molecule has 1 aliphatic rings. The third-order valence-electron chi connectivity index (χ3n) is 4.89. The Morgan fingerprint density at radius 2 is 1.75 bits per heavy atom. The number of aliphatic hydroxyl groups excluding tert-OH is 1. The lowest BCUT2D eigenvalue weighted by Gasteiger charge is -2.25. The van der Waals surface area contributed by atoms with Crippen molar-refractivity contribution in [2.75, 3.05) is 27.2 Å². The van der Waals surface area contributed by atoms with Gasteiger partial charge < -0.3 is 14.9 Å². The van der Waals surface area contributed by atoms with Gasteiger partial charge in [0.05, 0.1) is 11.6 Å². The van der Waals surface area contributed by atoms with Crippen molar-refractivity contribution in [1.82, 2.24) is 14.8 Å². The van der Waals surface area contributed by atoms with Crippen LogP contribution in [0.15, 0.2) is 54.4 Å². The predicted molar refractivity (Wildman–Crippen MR) is 108 cm³/mol. The number of pyridine rings is 1. The summed E-state index contributed by atoms with van der Waals surface area (Å²) >= 11 is 0. The Kier molecular flexibility index (Phi) is 5.90. The smallest absolute Gasteiger partial charge is 0.295 e. The van der Waals surface area contributed by atoms with E-state index >= 15 is 0 Å². The lowest BCUT2D eigenvalue weighted by Crippen LogP contribution is -2.32. The number of amides is 1. The number of aryl methyl sites for hydroxylation is 1. The molecule has 6 nitrogen and oxygen atoms in total. The number of Topliss-reactive ketones (excluding diaryl/α,β-unsaturated/α-hetero) is 1. The van der Waals surface area contributed by atoms with E-state index in [0.717, 1.165) is 24.1 Å². The van der Waals surface area contributed by atoms with Crippen LogP contribution in [0.3, 0.4) is 0 Å². The molecule has 3 rings (SSSR count). The number of hydrogen-bond acceptors (Lipinski definition) is 5. The monoisotopic (exact) mass is 379 g/mol. The van der Waals surface area contributed by atoms with Crippen LogP contribution in [0.25, 0.3) is 5.76 Å². The number of carbonyl (C=O) groups is 2. The van der Waals surface area contributed by atoms with Gasteiger partial charge in [-0.05, 0) is 51.7 Å². The van der Waals surface area contributed by atoms with Crippen LogP contribution in [0.2, 0.25) is 0 Å². The average molecular weight is 379 g/mol. The Morgan fingerprint density at radius 1 is 1.11 bits per heavy atom. The second-order valence-corrected chi connectivity index (χ2v) is 7.30. The number of aliphatic hydroxyl groups is 1. The van der Waals surface area contributed by atoms with Crippen LogP contribution in [-0.2, 0) is 9.59 Å². The van der Waals surface area contributed by atoms with Crippen molar-refractivity contribution in [1.29, 1.82) is 0 Å². The van der Waals surface area contributed by atoms with E-state index in [-0.39, 0.29) is 11.3 Å². The third kappa shape index (κ3) is 3.97. The standard InChI is InChI=1S/C22H25N3O3/c1-15-5-7-17(8-6-15)20(26)18-19(16-9-11-23-12-10-16)25(22(28)21(18)27)14-4-13-24(2)3/h5-12,19,26H,4,13-14H2,1-3H3/b20-18-. The fourth-order valence-corrected chi connectivity index (χ4v) is 3.43. The number of aromatic nitrogens is 1. The summed E-state index contributed by atoms with van der Waals surface area (Å²) in [4.78, 5) is 33.2. The van der Waals surface area contributed by atoms with Crippen molar-refractivity contribution in [3.05, 3.63) is 71.1 Å². The van der Waals surface area contributed by atoms with E-state index in [1.807, 2.05) is 38.1 Å². The molecular formula is C22H25N3O3. The number of ketones is 1. The molecule has 6 heteroatoms. The number of carbonyl (C=O) groups excluding carboxylic acids is 2. The summed E-state index contributed by atoms with van der Waals surface area (Å²) in [7, 11) is 3.93. The van der Waals surface area contributed by atoms with Crippen LogP contribution in [0.1, 0.15) is 29.2 Å². The van der Waals surface area contributed by atoms with Crippen molar-refractivity contribution in [3.8, 4) is 0 Å². The molecule has 28 heavy (non-hydrogen) atoms. The molecule has 1 amide bonds. The van der Waals surface area contributed by atoms with Gasteiger partial charge in [-0.1, -0.05) is 29.8 Å². The first-order valence-electron chi connectivity index (χ1n) is 9.30. The maximum atomic E-state index is 12.8. The van der Waals surface area contributed by atoms with E-state index < -0.39 is 17.7 Å². The molecule has 1 aliphatic heterocycles. The molecule has 1 unspecified atom stereocenters. The maximum absolute atomic E-state index is 12.8. The summed E-state index contributed by atoms with van der Waals surface area (Å²) in [5.41, 5.74) is 2.46. The van der Waals surface area contributed by atoms with Gasteiger partial charge in [0.25, 0.3) is 11.7 Å². The van der Waals surface area contributed by atoms with E-state index in [2.05, 4.69) is 4.98 Å². The number of rotatable bonds is 6. The van der Waals surface area contributed by atoms with Gasteiger partial charge in [-0.3, -0.25) is 14.6 Å². The van der Waals surface area contributed by atoms with Crippen molar-refractivity contribution in [3.63, 3.8) is 0 Å². The first-order chi connectivity index (χ1) is 13.4. The molecule has 0 aliphatic carbocycles. The SMILES string of the molecule is Cc1ccc(/C(O)=C2/C(=O)C(=O)N(CCCN(C)C)C2c2ccncc2)cc1. The maximum Gasteiger partial charge on any atom is 0.295 e. The van der Waals surface area contributed by atoms with Gasteiger partial charge in [0, 0.05) is 24.5 Å². The molecular weight excluding hydrogens is 354 g/mol. The molecule has 1 atom stereocenters. The first kappa shape index (κ1) is 19.8. The Hall–Kier alpha value is -2.99. The van der Waals surface area contributed by atoms with Crippen LogP contribution >= 0.6 is 0 Å². The van der Waals surface area contributed by atoms with E-state index in [0.29, 0.717) is 12.1 Å². The molecule has 1 N–H and O–H groups in total. The quantitative estimate of drug-likeness (QED) is 0.475. The van der Waals surface area contributed by atoms with E-state index in [1.165, 1.54) is 0 Å². The largest absolute Gasteiger partial charge is 0.507 e. The molecule has 0 bridgehead atoms. The third-order valence-corrected chi connectivity index (χ3v) is 4.89. The van der Waals surface area contributed by atoms with Gasteiger partial charge in [0.15, 0.2) is 0 Å². The Bertz CT molecular complexity index is 889. The number of hydrogen-bond donors (Lipinski definition) is 1. The summed E-state index contributed by atoms with van der Waals surface area (Å²) in [6, 6.07) is 10.2.